The van der Waals surface area contributed by atoms with Crippen LogP contribution >= 0.6 is 0 Å². The molecule has 0 spiro atoms. The highest BCUT2D eigenvalue weighted by Crippen LogP contribution is 2.22. The van der Waals surface area contributed by atoms with E-state index in [-0.39, 0.29) is 23.0 Å². The van der Waals surface area contributed by atoms with E-state index in [9.17, 15) is 9.90 Å². The van der Waals surface area contributed by atoms with Crippen molar-refractivity contribution in [2.45, 2.75) is 19.8 Å². The van der Waals surface area contributed by atoms with Crippen LogP contribution in [0.2, 0.25) is 0 Å². The lowest BCUT2D eigenvalue weighted by atomic mass is 10.0. The third-order valence-corrected chi connectivity index (χ3v) is 2.93. The van der Waals surface area contributed by atoms with Gasteiger partial charge in [0.15, 0.2) is 0 Å². The van der Waals surface area contributed by atoms with Gasteiger partial charge in [0.05, 0.1) is 5.56 Å². The zero-order valence-corrected chi connectivity index (χ0v) is 10.5. The lowest BCUT2D eigenvalue weighted by Crippen LogP contribution is -2.30. The summed E-state index contributed by atoms with van der Waals surface area (Å²) in [5.41, 5.74) is 5.65. The van der Waals surface area contributed by atoms with E-state index in [1.165, 1.54) is 12.1 Å². The van der Waals surface area contributed by atoms with Crippen LogP contribution in [0, 0.1) is 5.92 Å². The lowest BCUT2D eigenvalue weighted by Gasteiger charge is -2.14. The first-order valence-electron chi connectivity index (χ1n) is 6.08. The van der Waals surface area contributed by atoms with Crippen molar-refractivity contribution in [1.29, 1.82) is 0 Å². The number of phenolic OH excluding ortho intramolecular Hbond substituents is 2. The fourth-order valence-electron chi connectivity index (χ4n) is 1.73. The minimum absolute atomic E-state index is 0.0707. The molecule has 0 aromatic heterocycles. The van der Waals surface area contributed by atoms with E-state index in [2.05, 4.69) is 5.32 Å². The molecule has 1 aromatic rings. The summed E-state index contributed by atoms with van der Waals surface area (Å²) < 4.78 is 0. The molecule has 1 amide bonds. The SMILES string of the molecule is CCC(CCN)CNC(=O)c1ccc(O)cc1O. The number of nitrogens with one attached hydrogen (secondary N) is 1. The molecule has 100 valence electrons. The summed E-state index contributed by atoms with van der Waals surface area (Å²) in [6, 6.07) is 3.90. The standard InChI is InChI=1S/C13H20N2O3/c1-2-9(5-6-14)8-15-13(18)11-4-3-10(16)7-12(11)17/h3-4,7,9,16-17H,2,5-6,8,14H2,1H3,(H,15,18). The first-order valence-corrected chi connectivity index (χ1v) is 6.08. The number of hydrogen-bond acceptors (Lipinski definition) is 4. The van der Waals surface area contributed by atoms with Crippen LogP contribution < -0.4 is 11.1 Å². The normalized spacial score (nSPS) is 12.1. The molecular weight excluding hydrogens is 232 g/mol. The molecule has 1 rings (SSSR count). The summed E-state index contributed by atoms with van der Waals surface area (Å²) in [4.78, 5) is 11.8. The Kier molecular flexibility index (Phi) is 5.45. The Morgan fingerprint density at radius 1 is 1.44 bits per heavy atom. The first kappa shape index (κ1) is 14.3. The van der Waals surface area contributed by atoms with Gasteiger partial charge in [-0.1, -0.05) is 13.3 Å². The number of carbonyl (C=O) groups is 1. The van der Waals surface area contributed by atoms with Crippen molar-refractivity contribution in [3.05, 3.63) is 23.8 Å². The molecule has 5 heteroatoms. The summed E-state index contributed by atoms with van der Waals surface area (Å²) in [6.45, 7) is 3.18. The van der Waals surface area contributed by atoms with Crippen LogP contribution in [-0.4, -0.2) is 29.2 Å². The number of hydrogen-bond donors (Lipinski definition) is 4. The molecular formula is C13H20N2O3. The summed E-state index contributed by atoms with van der Waals surface area (Å²) in [5, 5.41) is 21.4. The highest BCUT2D eigenvalue weighted by Gasteiger charge is 2.13. The van der Waals surface area contributed by atoms with Crippen molar-refractivity contribution in [1.82, 2.24) is 5.32 Å². The third-order valence-electron chi connectivity index (χ3n) is 2.93. The van der Waals surface area contributed by atoms with Gasteiger partial charge < -0.3 is 21.3 Å². The largest absolute Gasteiger partial charge is 0.508 e. The third kappa shape index (κ3) is 3.92. The molecule has 18 heavy (non-hydrogen) atoms. The van der Waals surface area contributed by atoms with Crippen LogP contribution in [0.4, 0.5) is 0 Å². The van der Waals surface area contributed by atoms with E-state index in [0.717, 1.165) is 18.9 Å². The van der Waals surface area contributed by atoms with Crippen molar-refractivity contribution in [2.24, 2.45) is 11.7 Å². The second kappa shape index (κ2) is 6.86. The molecule has 0 fully saturated rings. The summed E-state index contributed by atoms with van der Waals surface area (Å²) in [7, 11) is 0. The van der Waals surface area contributed by atoms with E-state index in [4.69, 9.17) is 10.8 Å². The fourth-order valence-corrected chi connectivity index (χ4v) is 1.73. The van der Waals surface area contributed by atoms with Crippen molar-refractivity contribution in [3.63, 3.8) is 0 Å². The maximum Gasteiger partial charge on any atom is 0.255 e. The summed E-state index contributed by atoms with van der Waals surface area (Å²) in [6.07, 6.45) is 1.80. The molecule has 1 aromatic carbocycles. The topological polar surface area (TPSA) is 95.6 Å². The Labute approximate surface area is 107 Å². The maximum absolute atomic E-state index is 11.8. The molecule has 0 aliphatic rings. The summed E-state index contributed by atoms with van der Waals surface area (Å²) >= 11 is 0. The molecule has 1 atom stereocenters. The van der Waals surface area contributed by atoms with E-state index < -0.39 is 0 Å². The van der Waals surface area contributed by atoms with Crippen molar-refractivity contribution in [2.75, 3.05) is 13.1 Å². The Hall–Kier alpha value is -1.75. The van der Waals surface area contributed by atoms with Gasteiger partial charge in [-0.2, -0.15) is 0 Å². The zero-order chi connectivity index (χ0) is 13.5. The number of rotatable bonds is 6. The van der Waals surface area contributed by atoms with Crippen LogP contribution in [0.5, 0.6) is 11.5 Å². The predicted octanol–water partition coefficient (Wildman–Crippen LogP) is 1.20. The molecule has 0 saturated heterocycles. The minimum Gasteiger partial charge on any atom is -0.508 e. The predicted molar refractivity (Wildman–Crippen MR) is 69.6 cm³/mol. The second-order valence-electron chi connectivity index (χ2n) is 4.26. The molecule has 0 bridgehead atoms. The molecule has 5 N–H and O–H groups in total. The van der Waals surface area contributed by atoms with E-state index in [1.807, 2.05) is 6.92 Å². The average molecular weight is 252 g/mol. The van der Waals surface area contributed by atoms with E-state index >= 15 is 0 Å². The molecule has 0 heterocycles. The highest BCUT2D eigenvalue weighted by molar-refractivity contribution is 5.96. The van der Waals surface area contributed by atoms with Gasteiger partial charge >= 0.3 is 0 Å². The Balaban J connectivity index is 2.59. The highest BCUT2D eigenvalue weighted by atomic mass is 16.3. The number of benzene rings is 1. The fraction of sp³-hybridized carbons (Fsp3) is 0.462. The van der Waals surface area contributed by atoms with Crippen LogP contribution in [0.25, 0.3) is 0 Å². The quantitative estimate of drug-likeness (QED) is 0.612. The summed E-state index contributed by atoms with van der Waals surface area (Å²) in [5.74, 6) is -0.292. The van der Waals surface area contributed by atoms with Gasteiger partial charge in [-0.25, -0.2) is 0 Å². The minimum atomic E-state index is -0.344. The van der Waals surface area contributed by atoms with Gasteiger partial charge in [0, 0.05) is 12.6 Å². The lowest BCUT2D eigenvalue weighted by molar-refractivity contribution is 0.0943. The van der Waals surface area contributed by atoms with Gasteiger partial charge in [-0.3, -0.25) is 4.79 Å². The molecule has 0 radical (unpaired) electrons. The van der Waals surface area contributed by atoms with E-state index in [0.29, 0.717) is 19.0 Å². The van der Waals surface area contributed by atoms with Gasteiger partial charge in [0.1, 0.15) is 11.5 Å². The molecule has 5 nitrogen and oxygen atoms in total. The number of phenols is 2. The van der Waals surface area contributed by atoms with Gasteiger partial charge in [0.25, 0.3) is 5.91 Å². The molecule has 0 aliphatic heterocycles. The molecule has 0 saturated carbocycles. The molecule has 1 unspecified atom stereocenters. The van der Waals surface area contributed by atoms with Crippen LogP contribution in [0.3, 0.4) is 0 Å². The maximum atomic E-state index is 11.8. The van der Waals surface area contributed by atoms with Crippen LogP contribution in [0.15, 0.2) is 18.2 Å². The van der Waals surface area contributed by atoms with Crippen molar-refractivity contribution in [3.8, 4) is 11.5 Å². The van der Waals surface area contributed by atoms with Crippen molar-refractivity contribution >= 4 is 5.91 Å². The molecule has 0 aliphatic carbocycles. The van der Waals surface area contributed by atoms with Crippen molar-refractivity contribution < 1.29 is 15.0 Å². The number of nitrogens with two attached hydrogens (primary N) is 1. The Bertz CT molecular complexity index is 407. The number of amides is 1. The Morgan fingerprint density at radius 2 is 2.17 bits per heavy atom. The average Bonchev–Trinajstić information content (AvgIpc) is 2.34. The zero-order valence-electron chi connectivity index (χ0n) is 10.5. The number of aromatic hydroxyl groups is 2. The number of carbonyl (C=O) groups excluding carboxylic acids is 1. The monoisotopic (exact) mass is 252 g/mol. The van der Waals surface area contributed by atoms with Gasteiger partial charge in [-0.05, 0) is 31.0 Å². The van der Waals surface area contributed by atoms with Crippen LogP contribution in [-0.2, 0) is 0 Å². The van der Waals surface area contributed by atoms with E-state index in [1.54, 1.807) is 0 Å². The van der Waals surface area contributed by atoms with Gasteiger partial charge in [0.2, 0.25) is 0 Å². The van der Waals surface area contributed by atoms with Gasteiger partial charge in [-0.15, -0.1) is 0 Å². The van der Waals surface area contributed by atoms with Crippen LogP contribution in [0.1, 0.15) is 30.1 Å². The smallest absolute Gasteiger partial charge is 0.255 e. The second-order valence-corrected chi connectivity index (χ2v) is 4.26. The first-order chi connectivity index (χ1) is 8.58. The Morgan fingerprint density at radius 3 is 2.72 bits per heavy atom.